The molecule has 1 heterocycles. The van der Waals surface area contributed by atoms with Crippen LogP contribution in [0.4, 0.5) is 4.39 Å². The summed E-state index contributed by atoms with van der Waals surface area (Å²) in [6.07, 6.45) is 7.39. The summed E-state index contributed by atoms with van der Waals surface area (Å²) in [6, 6.07) is 10.4. The lowest BCUT2D eigenvalue weighted by molar-refractivity contribution is 0.594. The molecule has 0 radical (unpaired) electrons. The van der Waals surface area contributed by atoms with Gasteiger partial charge in [-0.2, -0.15) is 8.42 Å². The number of rotatable bonds is 4. The van der Waals surface area contributed by atoms with Crippen LogP contribution >= 0.6 is 23.1 Å². The molecule has 0 saturated carbocycles. The fourth-order valence-corrected chi connectivity index (χ4v) is 5.04. The van der Waals surface area contributed by atoms with Gasteiger partial charge in [0.25, 0.3) is 10.0 Å². The van der Waals surface area contributed by atoms with Crippen molar-refractivity contribution in [1.29, 1.82) is 0 Å². The SMILES string of the molecule is C#CCn1c(=NS(=O)(=O)c2ccc(F)cc2)sc2cc(SC)ccc21. The molecule has 0 saturated heterocycles. The van der Waals surface area contributed by atoms with Crippen LogP contribution in [0.3, 0.4) is 0 Å². The van der Waals surface area contributed by atoms with Gasteiger partial charge >= 0.3 is 0 Å². The van der Waals surface area contributed by atoms with E-state index in [1.54, 1.807) is 16.3 Å². The Morgan fingerprint density at radius 3 is 2.64 bits per heavy atom. The van der Waals surface area contributed by atoms with Gasteiger partial charge in [0, 0.05) is 4.90 Å². The molecule has 0 N–H and O–H groups in total. The van der Waals surface area contributed by atoms with Crippen LogP contribution in [0.5, 0.6) is 0 Å². The average Bonchev–Trinajstić information content (AvgIpc) is 2.91. The summed E-state index contributed by atoms with van der Waals surface area (Å²) in [4.78, 5) is 1.29. The highest BCUT2D eigenvalue weighted by molar-refractivity contribution is 7.98. The van der Waals surface area contributed by atoms with Crippen molar-refractivity contribution >= 4 is 43.3 Å². The molecule has 0 fully saturated rings. The van der Waals surface area contributed by atoms with Gasteiger partial charge in [0.15, 0.2) is 0 Å². The van der Waals surface area contributed by atoms with Crippen molar-refractivity contribution < 1.29 is 12.8 Å². The van der Waals surface area contributed by atoms with E-state index >= 15 is 0 Å². The van der Waals surface area contributed by atoms with Crippen LogP contribution in [0.1, 0.15) is 0 Å². The Kier molecular flexibility index (Phi) is 4.99. The number of halogens is 1. The van der Waals surface area contributed by atoms with Gasteiger partial charge in [0.2, 0.25) is 4.80 Å². The van der Waals surface area contributed by atoms with E-state index in [1.807, 2.05) is 24.5 Å². The predicted molar refractivity (Wildman–Crippen MR) is 99.6 cm³/mol. The van der Waals surface area contributed by atoms with E-state index in [0.29, 0.717) is 0 Å². The van der Waals surface area contributed by atoms with Crippen molar-refractivity contribution in [3.63, 3.8) is 0 Å². The Hall–Kier alpha value is -2.08. The molecular weight excluding hydrogens is 379 g/mol. The van der Waals surface area contributed by atoms with Crippen LogP contribution in [0.25, 0.3) is 10.2 Å². The minimum Gasteiger partial charge on any atom is -0.304 e. The largest absolute Gasteiger partial charge is 0.304 e. The highest BCUT2D eigenvalue weighted by Gasteiger charge is 2.15. The first-order valence-electron chi connectivity index (χ1n) is 7.12. The van der Waals surface area contributed by atoms with Crippen LogP contribution in [-0.2, 0) is 16.6 Å². The van der Waals surface area contributed by atoms with Gasteiger partial charge in [0.05, 0.1) is 21.7 Å². The summed E-state index contributed by atoms with van der Waals surface area (Å²) in [5, 5.41) is 0. The van der Waals surface area contributed by atoms with E-state index in [2.05, 4.69) is 10.3 Å². The minimum atomic E-state index is -3.96. The number of benzene rings is 2. The molecule has 0 spiro atoms. The number of thioether (sulfide) groups is 1. The first kappa shape index (κ1) is 17.7. The van der Waals surface area contributed by atoms with Crippen molar-refractivity contribution in [2.24, 2.45) is 4.40 Å². The quantitative estimate of drug-likeness (QED) is 0.505. The number of hydrogen-bond acceptors (Lipinski definition) is 4. The standard InChI is InChI=1S/C17H13FN2O2S3/c1-3-10-20-15-9-6-13(23-2)11-16(15)24-17(20)19-25(21,22)14-7-4-12(18)5-8-14/h1,4-9,11H,10H2,2H3. The monoisotopic (exact) mass is 392 g/mol. The second-order valence-corrected chi connectivity index (χ2v) is 8.52. The van der Waals surface area contributed by atoms with E-state index in [4.69, 9.17) is 6.42 Å². The Bertz CT molecular complexity index is 1140. The summed E-state index contributed by atoms with van der Waals surface area (Å²) >= 11 is 2.85. The molecule has 8 heteroatoms. The maximum atomic E-state index is 13.0. The number of fused-ring (bicyclic) bond motifs is 1. The first-order valence-corrected chi connectivity index (χ1v) is 10.6. The van der Waals surface area contributed by atoms with Gasteiger partial charge in [-0.3, -0.25) is 0 Å². The van der Waals surface area contributed by atoms with E-state index in [1.165, 1.54) is 23.5 Å². The highest BCUT2D eigenvalue weighted by atomic mass is 32.2. The Balaban J connectivity index is 2.22. The van der Waals surface area contributed by atoms with Gasteiger partial charge in [-0.1, -0.05) is 17.3 Å². The summed E-state index contributed by atoms with van der Waals surface area (Å²) in [7, 11) is -3.96. The Labute approximate surface area is 153 Å². The maximum absolute atomic E-state index is 13.0. The number of thiazole rings is 1. The lowest BCUT2D eigenvalue weighted by Gasteiger charge is -2.01. The van der Waals surface area contributed by atoms with E-state index in [0.717, 1.165) is 27.2 Å². The molecule has 0 unspecified atom stereocenters. The average molecular weight is 393 g/mol. The number of hydrogen-bond donors (Lipinski definition) is 0. The van der Waals surface area contributed by atoms with Crippen LogP contribution < -0.4 is 4.80 Å². The molecule has 128 valence electrons. The van der Waals surface area contributed by atoms with Gasteiger partial charge < -0.3 is 4.57 Å². The van der Waals surface area contributed by atoms with Crippen molar-refractivity contribution in [1.82, 2.24) is 4.57 Å². The zero-order valence-corrected chi connectivity index (χ0v) is 15.6. The van der Waals surface area contributed by atoms with Crippen molar-refractivity contribution in [3.05, 3.63) is 53.1 Å². The third kappa shape index (κ3) is 3.63. The predicted octanol–water partition coefficient (Wildman–Crippen LogP) is 3.49. The number of nitrogens with zero attached hydrogens (tertiary/aromatic N) is 2. The van der Waals surface area contributed by atoms with Gasteiger partial charge in [-0.25, -0.2) is 4.39 Å². The van der Waals surface area contributed by atoms with Crippen LogP contribution in [0.15, 0.2) is 56.7 Å². The third-order valence-corrected chi connectivity index (χ3v) is 6.61. The number of sulfonamides is 1. The molecule has 1 aromatic heterocycles. The van der Waals surface area contributed by atoms with Crippen molar-refractivity contribution in [2.45, 2.75) is 16.3 Å². The molecule has 0 amide bonds. The Morgan fingerprint density at radius 1 is 1.28 bits per heavy atom. The highest BCUT2D eigenvalue weighted by Crippen LogP contribution is 2.24. The van der Waals surface area contributed by atoms with Crippen molar-refractivity contribution in [3.8, 4) is 12.3 Å². The van der Waals surface area contributed by atoms with Crippen LogP contribution in [0, 0.1) is 18.2 Å². The second-order valence-electron chi connectivity index (χ2n) is 5.03. The molecule has 3 aromatic rings. The second kappa shape index (κ2) is 7.04. The van der Waals surface area contributed by atoms with Crippen LogP contribution in [-0.4, -0.2) is 19.2 Å². The van der Waals surface area contributed by atoms with Crippen LogP contribution in [0.2, 0.25) is 0 Å². The molecule has 0 aliphatic heterocycles. The molecule has 3 rings (SSSR count). The maximum Gasteiger partial charge on any atom is 0.285 e. The fraction of sp³-hybridized carbons (Fsp3) is 0.118. The molecule has 0 bridgehead atoms. The van der Waals surface area contributed by atoms with Gasteiger partial charge in [0.1, 0.15) is 5.82 Å². The number of aromatic nitrogens is 1. The molecular formula is C17H13FN2O2S3. The third-order valence-electron chi connectivity index (χ3n) is 3.45. The first-order chi connectivity index (χ1) is 11.9. The summed E-state index contributed by atoms with van der Waals surface area (Å²) in [5.41, 5.74) is 0.828. The zero-order valence-electron chi connectivity index (χ0n) is 13.1. The van der Waals surface area contributed by atoms with Gasteiger partial charge in [-0.05, 0) is 48.7 Å². The van der Waals surface area contributed by atoms with Gasteiger partial charge in [-0.15, -0.1) is 22.6 Å². The number of terminal acetylenes is 1. The lowest BCUT2D eigenvalue weighted by atomic mass is 10.3. The van der Waals surface area contributed by atoms with E-state index < -0.39 is 15.8 Å². The molecule has 25 heavy (non-hydrogen) atoms. The fourth-order valence-electron chi connectivity index (χ4n) is 2.26. The normalized spacial score (nSPS) is 12.4. The molecule has 2 aromatic carbocycles. The zero-order chi connectivity index (χ0) is 18.0. The summed E-state index contributed by atoms with van der Waals surface area (Å²) < 4.78 is 44.6. The topological polar surface area (TPSA) is 51.4 Å². The Morgan fingerprint density at radius 2 is 2.00 bits per heavy atom. The van der Waals surface area contributed by atoms with E-state index in [9.17, 15) is 12.8 Å². The molecule has 0 atom stereocenters. The summed E-state index contributed by atoms with van der Waals surface area (Å²) in [6.45, 7) is 0.205. The molecule has 0 aliphatic rings. The minimum absolute atomic E-state index is 0.0663. The molecule has 4 nitrogen and oxygen atoms in total. The smallest absolute Gasteiger partial charge is 0.285 e. The lowest BCUT2D eigenvalue weighted by Crippen LogP contribution is -2.16. The molecule has 0 aliphatic carbocycles. The van der Waals surface area contributed by atoms with E-state index in [-0.39, 0.29) is 16.2 Å². The van der Waals surface area contributed by atoms with Crippen molar-refractivity contribution in [2.75, 3.05) is 6.26 Å². The summed E-state index contributed by atoms with van der Waals surface area (Å²) in [5.74, 6) is 2.02.